The Labute approximate surface area is 128 Å². The summed E-state index contributed by atoms with van der Waals surface area (Å²) in [6.45, 7) is 0.492. The average Bonchev–Trinajstić information content (AvgIpc) is 2.39. The van der Waals surface area contributed by atoms with Crippen molar-refractivity contribution in [3.05, 3.63) is 62.5 Å². The van der Waals surface area contributed by atoms with Crippen LogP contribution in [0.3, 0.4) is 0 Å². The van der Waals surface area contributed by atoms with Gasteiger partial charge in [-0.2, -0.15) is 0 Å². The van der Waals surface area contributed by atoms with Crippen LogP contribution in [0.25, 0.3) is 0 Å². The molecule has 1 N–H and O–H groups in total. The molecule has 0 heterocycles. The third-order valence-electron chi connectivity index (χ3n) is 2.45. The highest BCUT2D eigenvalue weighted by Gasteiger charge is 2.08. The molecule has 0 bridgehead atoms. The van der Waals surface area contributed by atoms with Crippen LogP contribution in [0.2, 0.25) is 0 Å². The summed E-state index contributed by atoms with van der Waals surface area (Å²) in [5.74, 6) is 0.721. The highest BCUT2D eigenvalue weighted by atomic mass is 79.9. The number of oxime groups is 1. The minimum atomic E-state index is 0.492. The summed E-state index contributed by atoms with van der Waals surface area (Å²) < 4.78 is 7.38. The summed E-state index contributed by atoms with van der Waals surface area (Å²) in [5.41, 5.74) is 1.87. The van der Waals surface area contributed by atoms with E-state index in [1.165, 1.54) is 6.21 Å². The molecular formula is C14H11Br2NO2. The molecule has 2 aromatic rings. The Morgan fingerprint density at radius 3 is 2.32 bits per heavy atom. The topological polar surface area (TPSA) is 41.8 Å². The lowest BCUT2D eigenvalue weighted by Crippen LogP contribution is -1.97. The van der Waals surface area contributed by atoms with Crippen LogP contribution in [0.5, 0.6) is 5.75 Å². The maximum Gasteiger partial charge on any atom is 0.148 e. The van der Waals surface area contributed by atoms with E-state index in [0.29, 0.717) is 6.61 Å². The molecule has 0 amide bonds. The molecule has 98 valence electrons. The highest BCUT2D eigenvalue weighted by Crippen LogP contribution is 2.34. The SMILES string of the molecule is O/N=C\c1cc(Br)c(OCc2ccccc2)c(Br)c1. The number of hydrogen-bond acceptors (Lipinski definition) is 3. The van der Waals surface area contributed by atoms with Crippen molar-refractivity contribution in [1.29, 1.82) is 0 Å². The zero-order chi connectivity index (χ0) is 13.7. The predicted molar refractivity (Wildman–Crippen MR) is 82.0 cm³/mol. The molecule has 0 aliphatic heterocycles. The summed E-state index contributed by atoms with van der Waals surface area (Å²) in [6.07, 6.45) is 1.36. The molecule has 2 aromatic carbocycles. The van der Waals surface area contributed by atoms with Gasteiger partial charge in [0.2, 0.25) is 0 Å². The zero-order valence-corrected chi connectivity index (χ0v) is 13.1. The fraction of sp³-hybridized carbons (Fsp3) is 0.0714. The number of rotatable bonds is 4. The minimum absolute atomic E-state index is 0.492. The van der Waals surface area contributed by atoms with Crippen molar-refractivity contribution < 1.29 is 9.94 Å². The van der Waals surface area contributed by atoms with Crippen molar-refractivity contribution in [3.63, 3.8) is 0 Å². The Balaban J connectivity index is 2.17. The van der Waals surface area contributed by atoms with Crippen LogP contribution in [0.1, 0.15) is 11.1 Å². The van der Waals surface area contributed by atoms with Crippen LogP contribution in [-0.4, -0.2) is 11.4 Å². The second-order valence-corrected chi connectivity index (χ2v) is 5.54. The molecule has 0 saturated heterocycles. The Kier molecular flexibility index (Phi) is 4.99. The van der Waals surface area contributed by atoms with E-state index >= 15 is 0 Å². The van der Waals surface area contributed by atoms with E-state index in [2.05, 4.69) is 37.0 Å². The van der Waals surface area contributed by atoms with Crippen LogP contribution in [0, 0.1) is 0 Å². The number of hydrogen-bond donors (Lipinski definition) is 1. The molecule has 19 heavy (non-hydrogen) atoms. The molecule has 0 saturated carbocycles. The molecule has 0 aliphatic carbocycles. The second-order valence-electron chi connectivity index (χ2n) is 3.83. The van der Waals surface area contributed by atoms with Gasteiger partial charge in [0.1, 0.15) is 12.4 Å². The maximum atomic E-state index is 8.53. The lowest BCUT2D eigenvalue weighted by atomic mass is 10.2. The van der Waals surface area contributed by atoms with E-state index in [-0.39, 0.29) is 0 Å². The van der Waals surface area contributed by atoms with Gasteiger partial charge in [-0.1, -0.05) is 35.5 Å². The van der Waals surface area contributed by atoms with Gasteiger partial charge in [-0.15, -0.1) is 0 Å². The Hall–Kier alpha value is -1.33. The molecule has 0 atom stereocenters. The largest absolute Gasteiger partial charge is 0.487 e. The first-order valence-electron chi connectivity index (χ1n) is 5.54. The second kappa shape index (κ2) is 6.73. The number of halogens is 2. The van der Waals surface area contributed by atoms with Crippen molar-refractivity contribution in [3.8, 4) is 5.75 Å². The van der Waals surface area contributed by atoms with Crippen molar-refractivity contribution in [2.75, 3.05) is 0 Å². The Bertz CT molecular complexity index is 562. The summed E-state index contributed by atoms with van der Waals surface area (Å²) in [6, 6.07) is 13.6. The van der Waals surface area contributed by atoms with Crippen molar-refractivity contribution >= 4 is 38.1 Å². The number of nitrogens with zero attached hydrogens (tertiary/aromatic N) is 1. The van der Waals surface area contributed by atoms with Gasteiger partial charge in [-0.3, -0.25) is 0 Å². The number of ether oxygens (including phenoxy) is 1. The third kappa shape index (κ3) is 3.81. The van der Waals surface area contributed by atoms with Crippen LogP contribution in [0.15, 0.2) is 56.6 Å². The van der Waals surface area contributed by atoms with Gasteiger partial charge < -0.3 is 9.94 Å². The van der Waals surface area contributed by atoms with Crippen LogP contribution in [0.4, 0.5) is 0 Å². The van der Waals surface area contributed by atoms with Crippen molar-refractivity contribution in [2.24, 2.45) is 5.16 Å². The molecule has 2 rings (SSSR count). The summed E-state index contributed by atoms with van der Waals surface area (Å²) in [5, 5.41) is 11.5. The van der Waals surface area contributed by atoms with Gasteiger partial charge in [-0.25, -0.2) is 0 Å². The third-order valence-corrected chi connectivity index (χ3v) is 3.63. The first kappa shape index (κ1) is 14.1. The monoisotopic (exact) mass is 383 g/mol. The molecular weight excluding hydrogens is 374 g/mol. The molecule has 0 radical (unpaired) electrons. The fourth-order valence-electron chi connectivity index (χ4n) is 1.59. The quantitative estimate of drug-likeness (QED) is 0.475. The minimum Gasteiger partial charge on any atom is -0.487 e. The highest BCUT2D eigenvalue weighted by molar-refractivity contribution is 9.11. The Morgan fingerprint density at radius 2 is 1.74 bits per heavy atom. The Morgan fingerprint density at radius 1 is 1.11 bits per heavy atom. The van der Waals surface area contributed by atoms with Gasteiger partial charge in [0.15, 0.2) is 0 Å². The van der Waals surface area contributed by atoms with E-state index in [9.17, 15) is 0 Å². The van der Waals surface area contributed by atoms with Crippen molar-refractivity contribution in [2.45, 2.75) is 6.61 Å². The van der Waals surface area contributed by atoms with E-state index in [4.69, 9.17) is 9.94 Å². The van der Waals surface area contributed by atoms with E-state index in [1.54, 1.807) is 0 Å². The summed E-state index contributed by atoms with van der Waals surface area (Å²) in [7, 11) is 0. The average molecular weight is 385 g/mol. The van der Waals surface area contributed by atoms with Gasteiger partial charge in [0, 0.05) is 0 Å². The summed E-state index contributed by atoms with van der Waals surface area (Å²) in [4.78, 5) is 0. The van der Waals surface area contributed by atoms with Gasteiger partial charge in [-0.05, 0) is 55.1 Å². The molecule has 0 aliphatic rings. The molecule has 0 aromatic heterocycles. The predicted octanol–water partition coefficient (Wildman–Crippen LogP) is 4.60. The van der Waals surface area contributed by atoms with E-state index in [1.807, 2.05) is 42.5 Å². The van der Waals surface area contributed by atoms with Gasteiger partial charge in [0.25, 0.3) is 0 Å². The lowest BCUT2D eigenvalue weighted by molar-refractivity contribution is 0.302. The van der Waals surface area contributed by atoms with E-state index < -0.39 is 0 Å². The maximum absolute atomic E-state index is 8.53. The molecule has 0 fully saturated rings. The fourth-order valence-corrected chi connectivity index (χ4v) is 3.04. The van der Waals surface area contributed by atoms with Crippen LogP contribution >= 0.6 is 31.9 Å². The van der Waals surface area contributed by atoms with E-state index in [0.717, 1.165) is 25.8 Å². The van der Waals surface area contributed by atoms with Crippen LogP contribution in [-0.2, 0) is 6.61 Å². The lowest BCUT2D eigenvalue weighted by Gasteiger charge is -2.11. The standard InChI is InChI=1S/C14H11Br2NO2/c15-12-6-11(8-17-18)7-13(16)14(12)19-9-10-4-2-1-3-5-10/h1-8,18H,9H2/b17-8-. The molecule has 0 unspecified atom stereocenters. The van der Waals surface area contributed by atoms with Gasteiger partial charge in [0.05, 0.1) is 15.2 Å². The summed E-state index contributed by atoms with van der Waals surface area (Å²) >= 11 is 6.89. The normalized spacial score (nSPS) is 10.8. The zero-order valence-electron chi connectivity index (χ0n) is 9.88. The first-order valence-corrected chi connectivity index (χ1v) is 7.12. The van der Waals surface area contributed by atoms with Crippen molar-refractivity contribution in [1.82, 2.24) is 0 Å². The molecule has 5 heteroatoms. The smallest absolute Gasteiger partial charge is 0.148 e. The van der Waals surface area contributed by atoms with Crippen LogP contribution < -0.4 is 4.74 Å². The molecule has 3 nitrogen and oxygen atoms in total. The first-order chi connectivity index (χ1) is 9.20. The van der Waals surface area contributed by atoms with Gasteiger partial charge >= 0.3 is 0 Å². The number of benzene rings is 2. The molecule has 0 spiro atoms.